The van der Waals surface area contributed by atoms with Crippen LogP contribution in [0.5, 0.6) is 5.75 Å². The van der Waals surface area contributed by atoms with Gasteiger partial charge in [-0.15, -0.1) is 0 Å². The van der Waals surface area contributed by atoms with E-state index in [0.29, 0.717) is 18.7 Å². The monoisotopic (exact) mass is 365 g/mol. The molecule has 0 bridgehead atoms. The van der Waals surface area contributed by atoms with Crippen LogP contribution in [0, 0.1) is 11.3 Å². The normalized spacial score (nSPS) is 19.4. The van der Waals surface area contributed by atoms with Crippen molar-refractivity contribution in [3.8, 4) is 11.8 Å². The van der Waals surface area contributed by atoms with Crippen LogP contribution in [0.3, 0.4) is 0 Å². The smallest absolute Gasteiger partial charge is 0.119 e. The minimum absolute atomic E-state index is 0.255. The van der Waals surface area contributed by atoms with Crippen molar-refractivity contribution in [2.75, 3.05) is 39.8 Å². The Balaban J connectivity index is 1.55. The molecule has 3 rings (SSSR count). The van der Waals surface area contributed by atoms with Crippen LogP contribution in [0.15, 0.2) is 54.6 Å². The van der Waals surface area contributed by atoms with Gasteiger partial charge in [0.2, 0.25) is 0 Å². The first-order chi connectivity index (χ1) is 13.2. The van der Waals surface area contributed by atoms with E-state index in [-0.39, 0.29) is 12.6 Å². The number of nitriles is 1. The molecular weight excluding hydrogens is 338 g/mol. The summed E-state index contributed by atoms with van der Waals surface area (Å²) in [4.78, 5) is 4.68. The molecule has 2 aromatic rings. The molecule has 5 nitrogen and oxygen atoms in total. The fourth-order valence-electron chi connectivity index (χ4n) is 3.48. The highest BCUT2D eigenvalue weighted by molar-refractivity contribution is 5.28. The zero-order valence-electron chi connectivity index (χ0n) is 15.8. The lowest BCUT2D eigenvalue weighted by Crippen LogP contribution is -2.49. The van der Waals surface area contributed by atoms with Crippen LogP contribution < -0.4 is 4.74 Å². The van der Waals surface area contributed by atoms with E-state index in [1.807, 2.05) is 30.3 Å². The van der Waals surface area contributed by atoms with Crippen LogP contribution >= 0.6 is 0 Å². The van der Waals surface area contributed by atoms with Gasteiger partial charge < -0.3 is 14.7 Å². The van der Waals surface area contributed by atoms with Crippen molar-refractivity contribution in [3.05, 3.63) is 65.7 Å². The molecule has 1 N–H and O–H groups in total. The predicted molar refractivity (Wildman–Crippen MR) is 106 cm³/mol. The molecular formula is C22H27N3O2. The summed E-state index contributed by atoms with van der Waals surface area (Å²) in [6.07, 6.45) is -0.161. The second-order valence-electron chi connectivity index (χ2n) is 7.13. The fraction of sp³-hybridized carbons (Fsp3) is 0.409. The molecule has 0 aliphatic carbocycles. The number of ether oxygens (including phenoxy) is 1. The van der Waals surface area contributed by atoms with E-state index in [2.05, 4.69) is 47.2 Å². The Kier molecular flexibility index (Phi) is 6.83. The van der Waals surface area contributed by atoms with Gasteiger partial charge in [-0.3, -0.25) is 4.90 Å². The van der Waals surface area contributed by atoms with Gasteiger partial charge in [0, 0.05) is 32.2 Å². The van der Waals surface area contributed by atoms with Crippen LogP contribution in [0.4, 0.5) is 0 Å². The molecule has 1 saturated heterocycles. The lowest BCUT2D eigenvalue weighted by molar-refractivity contribution is 0.0217. The maximum absolute atomic E-state index is 10.5. The molecule has 1 fully saturated rings. The van der Waals surface area contributed by atoms with E-state index in [0.717, 1.165) is 25.2 Å². The average molecular weight is 365 g/mol. The third kappa shape index (κ3) is 5.54. The lowest BCUT2D eigenvalue weighted by atomic mass is 10.0. The molecule has 1 heterocycles. The summed E-state index contributed by atoms with van der Waals surface area (Å²) < 4.78 is 5.73. The Morgan fingerprint density at radius 3 is 2.59 bits per heavy atom. The van der Waals surface area contributed by atoms with Crippen LogP contribution in [-0.2, 0) is 6.42 Å². The first-order valence-electron chi connectivity index (χ1n) is 9.40. The van der Waals surface area contributed by atoms with Crippen LogP contribution in [0.1, 0.15) is 17.2 Å². The summed E-state index contributed by atoms with van der Waals surface area (Å²) in [5.74, 6) is 0.716. The molecule has 2 aromatic carbocycles. The van der Waals surface area contributed by atoms with E-state index in [1.54, 1.807) is 0 Å². The van der Waals surface area contributed by atoms with Crippen LogP contribution in [-0.4, -0.2) is 60.8 Å². The van der Waals surface area contributed by atoms with E-state index >= 15 is 0 Å². The minimum atomic E-state index is -0.557. The van der Waals surface area contributed by atoms with E-state index in [4.69, 9.17) is 10.00 Å². The third-order valence-corrected chi connectivity index (χ3v) is 4.97. The van der Waals surface area contributed by atoms with Crippen molar-refractivity contribution < 1.29 is 9.84 Å². The van der Waals surface area contributed by atoms with Gasteiger partial charge in [0.1, 0.15) is 18.5 Å². The van der Waals surface area contributed by atoms with Gasteiger partial charge in [0.05, 0.1) is 12.5 Å². The molecule has 2 atom stereocenters. The SMILES string of the molecule is CN1CCN(C[C@@H](O)COc2ccc(CC#N)cc2)[C@H](c2ccccc2)C1. The molecule has 0 saturated carbocycles. The van der Waals surface area contributed by atoms with E-state index in [1.165, 1.54) is 5.56 Å². The molecule has 0 spiro atoms. The second kappa shape index (κ2) is 9.52. The second-order valence-corrected chi connectivity index (χ2v) is 7.13. The highest BCUT2D eigenvalue weighted by atomic mass is 16.5. The topological polar surface area (TPSA) is 59.7 Å². The standard InChI is InChI=1S/C22H27N3O2/c1-24-13-14-25(22(16-24)19-5-3-2-4-6-19)15-20(26)17-27-21-9-7-18(8-10-21)11-12-23/h2-10,20,22,26H,11,13-17H2,1H3/t20-,22+/m1/s1. The van der Waals surface area contributed by atoms with Gasteiger partial charge in [-0.25, -0.2) is 0 Å². The summed E-state index contributed by atoms with van der Waals surface area (Å²) in [7, 11) is 2.14. The van der Waals surface area contributed by atoms with Gasteiger partial charge >= 0.3 is 0 Å². The van der Waals surface area contributed by atoms with Crippen molar-refractivity contribution in [2.45, 2.75) is 18.6 Å². The van der Waals surface area contributed by atoms with Gasteiger partial charge in [-0.2, -0.15) is 5.26 Å². The average Bonchev–Trinajstić information content (AvgIpc) is 2.70. The highest BCUT2D eigenvalue weighted by Gasteiger charge is 2.28. The van der Waals surface area contributed by atoms with Crippen LogP contribution in [0.2, 0.25) is 0 Å². The molecule has 5 heteroatoms. The van der Waals surface area contributed by atoms with E-state index < -0.39 is 6.10 Å². The molecule has 27 heavy (non-hydrogen) atoms. The van der Waals surface area contributed by atoms with Crippen molar-refractivity contribution in [2.24, 2.45) is 0 Å². The summed E-state index contributed by atoms with van der Waals surface area (Å²) in [6, 6.07) is 20.4. The number of nitrogens with zero attached hydrogens (tertiary/aromatic N) is 3. The van der Waals surface area contributed by atoms with Gasteiger partial charge in [0.15, 0.2) is 0 Å². The molecule has 0 radical (unpaired) electrons. The zero-order valence-corrected chi connectivity index (χ0v) is 15.8. The number of β-amino-alcohol motifs (C(OH)–C–C–N with tert-alkyl or cyclic N) is 1. The maximum atomic E-state index is 10.5. The minimum Gasteiger partial charge on any atom is -0.491 e. The fourth-order valence-corrected chi connectivity index (χ4v) is 3.48. The first-order valence-corrected chi connectivity index (χ1v) is 9.40. The maximum Gasteiger partial charge on any atom is 0.119 e. The zero-order chi connectivity index (χ0) is 19.1. The predicted octanol–water partition coefficient (Wildman–Crippen LogP) is 2.48. The number of likely N-dealkylation sites (N-methyl/N-ethyl adjacent to an activating group) is 1. The van der Waals surface area contributed by atoms with Gasteiger partial charge in [-0.05, 0) is 30.3 Å². The summed E-state index contributed by atoms with van der Waals surface area (Å²) in [5, 5.41) is 19.2. The summed E-state index contributed by atoms with van der Waals surface area (Å²) in [6.45, 7) is 3.72. The Labute approximate surface area is 161 Å². The first kappa shape index (κ1) is 19.4. The summed E-state index contributed by atoms with van der Waals surface area (Å²) in [5.41, 5.74) is 2.25. The molecule has 0 unspecified atom stereocenters. The summed E-state index contributed by atoms with van der Waals surface area (Å²) >= 11 is 0. The lowest BCUT2D eigenvalue weighted by Gasteiger charge is -2.41. The largest absolute Gasteiger partial charge is 0.491 e. The van der Waals surface area contributed by atoms with Crippen molar-refractivity contribution >= 4 is 0 Å². The van der Waals surface area contributed by atoms with Crippen LogP contribution in [0.25, 0.3) is 0 Å². The number of benzene rings is 2. The molecule has 142 valence electrons. The molecule has 0 aromatic heterocycles. The number of piperazine rings is 1. The highest BCUT2D eigenvalue weighted by Crippen LogP contribution is 2.25. The van der Waals surface area contributed by atoms with E-state index in [9.17, 15) is 5.11 Å². The number of aliphatic hydroxyl groups is 1. The molecule has 0 amide bonds. The number of hydrogen-bond acceptors (Lipinski definition) is 5. The van der Waals surface area contributed by atoms with Crippen molar-refractivity contribution in [1.82, 2.24) is 9.80 Å². The number of aliphatic hydroxyl groups excluding tert-OH is 1. The third-order valence-electron chi connectivity index (χ3n) is 4.97. The van der Waals surface area contributed by atoms with Gasteiger partial charge in [-0.1, -0.05) is 42.5 Å². The quantitative estimate of drug-likeness (QED) is 0.817. The Hall–Kier alpha value is -2.39. The van der Waals surface area contributed by atoms with Crippen molar-refractivity contribution in [1.29, 1.82) is 5.26 Å². The number of rotatable bonds is 7. The Morgan fingerprint density at radius 2 is 1.89 bits per heavy atom. The molecule has 1 aliphatic rings. The Bertz CT molecular complexity index is 742. The van der Waals surface area contributed by atoms with Gasteiger partial charge in [0.25, 0.3) is 0 Å². The number of hydrogen-bond donors (Lipinski definition) is 1. The van der Waals surface area contributed by atoms with Crippen molar-refractivity contribution in [3.63, 3.8) is 0 Å². The molecule has 1 aliphatic heterocycles. The Morgan fingerprint density at radius 1 is 1.15 bits per heavy atom.